The normalized spacial score (nSPS) is 12.4. The molecule has 7 heteroatoms. The zero-order valence-electron chi connectivity index (χ0n) is 8.23. The van der Waals surface area contributed by atoms with E-state index in [4.69, 9.17) is 0 Å². The molecule has 1 atom stereocenters. The summed E-state index contributed by atoms with van der Waals surface area (Å²) < 4.78 is 35.2. The summed E-state index contributed by atoms with van der Waals surface area (Å²) in [6.07, 6.45) is 1.36. The van der Waals surface area contributed by atoms with Crippen LogP contribution in [-0.2, 0) is 19.6 Å². The molecule has 0 saturated heterocycles. The van der Waals surface area contributed by atoms with Crippen LogP contribution in [0.15, 0.2) is 12.7 Å². The van der Waals surface area contributed by atoms with Crippen molar-refractivity contribution in [3.05, 3.63) is 12.7 Å². The van der Waals surface area contributed by atoms with Gasteiger partial charge in [0, 0.05) is 0 Å². The third-order valence-electron chi connectivity index (χ3n) is 1.20. The Morgan fingerprint density at radius 1 is 1.64 bits per heavy atom. The summed E-state index contributed by atoms with van der Waals surface area (Å²) >= 11 is 0. The maximum absolute atomic E-state index is 10.9. The fourth-order valence-corrected chi connectivity index (χ4v) is 1.41. The molecule has 0 N–H and O–H groups in total. The van der Waals surface area contributed by atoms with Crippen LogP contribution in [0, 0.1) is 5.92 Å². The van der Waals surface area contributed by atoms with Crippen LogP contribution >= 0.6 is 0 Å². The van der Waals surface area contributed by atoms with Gasteiger partial charge in [0.05, 0.1) is 21.8 Å². The van der Waals surface area contributed by atoms with Gasteiger partial charge in [0.1, 0.15) is 6.61 Å². The van der Waals surface area contributed by atoms with E-state index in [-0.39, 0.29) is 36.2 Å². The van der Waals surface area contributed by atoms with E-state index in [1.807, 2.05) is 0 Å². The molecule has 1 unspecified atom stereocenters. The third kappa shape index (κ3) is 8.71. The SMILES string of the molecule is C=CCOC(=O)C(C)CS(=O)(=O)[O-].[Na+]. The molecule has 0 spiro atoms. The first-order valence-electron chi connectivity index (χ1n) is 3.58. The van der Waals surface area contributed by atoms with Gasteiger partial charge in [0.2, 0.25) is 0 Å². The van der Waals surface area contributed by atoms with Crippen LogP contribution in [0.3, 0.4) is 0 Å². The van der Waals surface area contributed by atoms with E-state index in [0.717, 1.165) is 0 Å². The average Bonchev–Trinajstić information content (AvgIpc) is 1.96. The zero-order valence-corrected chi connectivity index (χ0v) is 11.0. The van der Waals surface area contributed by atoms with Gasteiger partial charge in [-0.05, 0) is 0 Å². The molecular weight excluding hydrogens is 219 g/mol. The van der Waals surface area contributed by atoms with Crippen molar-refractivity contribution in [1.82, 2.24) is 0 Å². The maximum Gasteiger partial charge on any atom is 1.00 e. The predicted molar refractivity (Wildman–Crippen MR) is 44.9 cm³/mol. The molecule has 0 aromatic carbocycles. The Morgan fingerprint density at radius 2 is 2.14 bits per heavy atom. The van der Waals surface area contributed by atoms with Gasteiger partial charge in [-0.3, -0.25) is 4.79 Å². The van der Waals surface area contributed by atoms with Crippen molar-refractivity contribution in [2.75, 3.05) is 12.4 Å². The number of hydrogen-bond acceptors (Lipinski definition) is 5. The number of esters is 1. The second-order valence-electron chi connectivity index (χ2n) is 2.54. The Kier molecular flexibility index (Phi) is 8.77. The molecule has 0 fully saturated rings. The van der Waals surface area contributed by atoms with Gasteiger partial charge in [-0.2, -0.15) is 0 Å². The minimum atomic E-state index is -4.37. The standard InChI is InChI=1S/C7H12O5S.Na/c1-3-4-12-7(8)6(2)5-13(9,10)11;/h3,6H,1,4-5H2,2H3,(H,9,10,11);/q;+1/p-1. The maximum atomic E-state index is 10.9. The molecule has 0 amide bonds. The molecule has 0 aromatic heterocycles. The monoisotopic (exact) mass is 230 g/mol. The summed E-state index contributed by atoms with van der Waals surface area (Å²) in [5, 5.41) is 0. The number of carbonyl (C=O) groups excluding carboxylic acids is 1. The van der Waals surface area contributed by atoms with Crippen molar-refractivity contribution in [1.29, 1.82) is 0 Å². The molecule has 0 bridgehead atoms. The first kappa shape index (κ1) is 16.5. The van der Waals surface area contributed by atoms with Crippen LogP contribution in [0.25, 0.3) is 0 Å². The van der Waals surface area contributed by atoms with Gasteiger partial charge >= 0.3 is 35.5 Å². The van der Waals surface area contributed by atoms with Crippen molar-refractivity contribution in [3.63, 3.8) is 0 Å². The Labute approximate surface area is 106 Å². The minimum Gasteiger partial charge on any atom is -0.748 e. The van der Waals surface area contributed by atoms with Crippen molar-refractivity contribution < 1.29 is 52.1 Å². The summed E-state index contributed by atoms with van der Waals surface area (Å²) in [5.41, 5.74) is 0. The molecule has 0 aliphatic heterocycles. The average molecular weight is 230 g/mol. The van der Waals surface area contributed by atoms with Crippen LogP contribution in [0.1, 0.15) is 6.92 Å². The Bertz CT molecular complexity index is 284. The van der Waals surface area contributed by atoms with Crippen LogP contribution in [0.2, 0.25) is 0 Å². The van der Waals surface area contributed by atoms with Crippen molar-refractivity contribution in [3.8, 4) is 0 Å². The first-order chi connectivity index (χ1) is 5.87. The quantitative estimate of drug-likeness (QED) is 0.216. The van der Waals surface area contributed by atoms with Crippen molar-refractivity contribution in [2.45, 2.75) is 6.92 Å². The van der Waals surface area contributed by atoms with E-state index < -0.39 is 27.8 Å². The Morgan fingerprint density at radius 3 is 2.50 bits per heavy atom. The topological polar surface area (TPSA) is 83.5 Å². The molecule has 5 nitrogen and oxygen atoms in total. The van der Waals surface area contributed by atoms with Gasteiger partial charge in [0.25, 0.3) is 0 Å². The molecule has 76 valence electrons. The molecule has 0 aliphatic rings. The summed E-state index contributed by atoms with van der Waals surface area (Å²) in [7, 11) is -4.37. The second kappa shape index (κ2) is 7.42. The van der Waals surface area contributed by atoms with E-state index in [1.54, 1.807) is 0 Å². The van der Waals surface area contributed by atoms with Gasteiger partial charge in [-0.1, -0.05) is 19.6 Å². The fourth-order valence-electron chi connectivity index (χ4n) is 0.658. The molecule has 0 aromatic rings. The second-order valence-corrected chi connectivity index (χ2v) is 3.99. The smallest absolute Gasteiger partial charge is 0.748 e. The fraction of sp³-hybridized carbons (Fsp3) is 0.571. The van der Waals surface area contributed by atoms with Gasteiger partial charge < -0.3 is 9.29 Å². The van der Waals surface area contributed by atoms with Crippen molar-refractivity contribution in [2.24, 2.45) is 5.92 Å². The minimum absolute atomic E-state index is 0. The number of carbonyl (C=O) groups is 1. The largest absolute Gasteiger partial charge is 1.00 e. The molecule has 0 aliphatic carbocycles. The van der Waals surface area contributed by atoms with E-state index in [0.29, 0.717) is 0 Å². The van der Waals surface area contributed by atoms with Crippen LogP contribution < -0.4 is 29.6 Å². The van der Waals surface area contributed by atoms with Crippen molar-refractivity contribution >= 4 is 16.1 Å². The number of rotatable bonds is 5. The van der Waals surface area contributed by atoms with Crippen LogP contribution in [0.5, 0.6) is 0 Å². The molecule has 0 radical (unpaired) electrons. The molecule has 0 rings (SSSR count). The van der Waals surface area contributed by atoms with Gasteiger partial charge in [-0.15, -0.1) is 0 Å². The summed E-state index contributed by atoms with van der Waals surface area (Å²) in [4.78, 5) is 10.9. The van der Waals surface area contributed by atoms with Gasteiger partial charge in [-0.25, -0.2) is 8.42 Å². The summed E-state index contributed by atoms with van der Waals surface area (Å²) in [6.45, 7) is 4.65. The van der Waals surface area contributed by atoms with Gasteiger partial charge in [0.15, 0.2) is 0 Å². The molecule has 14 heavy (non-hydrogen) atoms. The Hall–Kier alpha value is 0.120. The molecule has 0 heterocycles. The summed E-state index contributed by atoms with van der Waals surface area (Å²) in [5.74, 6) is -2.37. The molecular formula is C7H11NaO5S. The summed E-state index contributed by atoms with van der Waals surface area (Å²) in [6, 6.07) is 0. The molecule has 0 saturated carbocycles. The van der Waals surface area contributed by atoms with E-state index >= 15 is 0 Å². The first-order valence-corrected chi connectivity index (χ1v) is 5.15. The number of ether oxygens (including phenoxy) is 1. The van der Waals surface area contributed by atoms with Crippen LogP contribution in [-0.4, -0.2) is 31.3 Å². The Balaban J connectivity index is 0. The number of hydrogen-bond donors (Lipinski definition) is 0. The van der Waals surface area contributed by atoms with E-state index in [9.17, 15) is 17.8 Å². The van der Waals surface area contributed by atoms with E-state index in [2.05, 4.69) is 11.3 Å². The van der Waals surface area contributed by atoms with E-state index in [1.165, 1.54) is 13.0 Å². The van der Waals surface area contributed by atoms with Crippen LogP contribution in [0.4, 0.5) is 0 Å². The third-order valence-corrected chi connectivity index (χ3v) is 2.11. The predicted octanol–water partition coefficient (Wildman–Crippen LogP) is -3.10. The zero-order chi connectivity index (χ0) is 10.5.